The molecule has 1 heterocycles. The second kappa shape index (κ2) is 9.89. The minimum absolute atomic E-state index is 0.0462. The molecule has 1 atom stereocenters. The maximum absolute atomic E-state index is 12.7. The molecule has 29 heavy (non-hydrogen) atoms. The number of carbonyl (C=O) groups excluding carboxylic acids is 2. The monoisotopic (exact) mass is 460 g/mol. The van der Waals surface area contributed by atoms with Crippen molar-refractivity contribution in [3.63, 3.8) is 0 Å². The molecule has 2 aromatic rings. The fourth-order valence-corrected chi connectivity index (χ4v) is 3.41. The predicted octanol–water partition coefficient (Wildman–Crippen LogP) is 4.40. The number of rotatable bonds is 7. The third-order valence-corrected chi connectivity index (χ3v) is 4.96. The molecule has 7 heteroatoms. The zero-order chi connectivity index (χ0) is 20.8. The van der Waals surface area contributed by atoms with E-state index >= 15 is 0 Å². The van der Waals surface area contributed by atoms with Crippen LogP contribution in [0, 0.1) is 0 Å². The Balaban J connectivity index is 1.62. The van der Waals surface area contributed by atoms with E-state index in [9.17, 15) is 9.59 Å². The summed E-state index contributed by atoms with van der Waals surface area (Å²) in [5, 5.41) is 5.74. The Hall–Kier alpha value is -2.38. The standard InChI is InChI=1S/C22H25BrN2O4/c1-14(2)29-20-10-7-16(23)12-19(20)22(27)25-17-8-5-15(6-9-17)21(26)24-13-18-4-3-11-28-18/h5-10,12,14,18H,3-4,11,13H2,1-2H3,(H,24,26)(H,25,27). The molecule has 6 nitrogen and oxygen atoms in total. The van der Waals surface area contributed by atoms with Crippen LogP contribution in [0.2, 0.25) is 0 Å². The number of carbonyl (C=O) groups is 2. The number of amides is 2. The molecular weight excluding hydrogens is 436 g/mol. The van der Waals surface area contributed by atoms with Crippen molar-refractivity contribution in [2.24, 2.45) is 0 Å². The van der Waals surface area contributed by atoms with Crippen LogP contribution in [0.1, 0.15) is 47.4 Å². The van der Waals surface area contributed by atoms with Crippen LogP contribution in [0.15, 0.2) is 46.9 Å². The van der Waals surface area contributed by atoms with E-state index in [-0.39, 0.29) is 24.0 Å². The van der Waals surface area contributed by atoms with Crippen LogP contribution >= 0.6 is 15.9 Å². The van der Waals surface area contributed by atoms with E-state index in [2.05, 4.69) is 26.6 Å². The van der Waals surface area contributed by atoms with Gasteiger partial charge in [0.25, 0.3) is 11.8 Å². The van der Waals surface area contributed by atoms with Gasteiger partial charge in [0.05, 0.1) is 17.8 Å². The lowest BCUT2D eigenvalue weighted by Crippen LogP contribution is -2.31. The van der Waals surface area contributed by atoms with Gasteiger partial charge in [0.15, 0.2) is 0 Å². The van der Waals surface area contributed by atoms with Gasteiger partial charge in [0.1, 0.15) is 5.75 Å². The van der Waals surface area contributed by atoms with Crippen LogP contribution < -0.4 is 15.4 Å². The van der Waals surface area contributed by atoms with Crippen molar-refractivity contribution >= 4 is 33.4 Å². The van der Waals surface area contributed by atoms with Crippen LogP contribution in [0.25, 0.3) is 0 Å². The first kappa shape index (κ1) is 21.3. The van der Waals surface area contributed by atoms with E-state index in [1.165, 1.54) is 0 Å². The summed E-state index contributed by atoms with van der Waals surface area (Å²) in [6.07, 6.45) is 2.07. The lowest BCUT2D eigenvalue weighted by Gasteiger charge is -2.15. The zero-order valence-corrected chi connectivity index (χ0v) is 18.1. The van der Waals surface area contributed by atoms with Gasteiger partial charge in [0.2, 0.25) is 0 Å². The first-order valence-electron chi connectivity index (χ1n) is 9.70. The summed E-state index contributed by atoms with van der Waals surface area (Å²) in [5.41, 5.74) is 1.57. The van der Waals surface area contributed by atoms with Gasteiger partial charge in [-0.2, -0.15) is 0 Å². The molecule has 0 radical (unpaired) electrons. The van der Waals surface area contributed by atoms with E-state index in [1.807, 2.05) is 19.9 Å². The summed E-state index contributed by atoms with van der Waals surface area (Å²) in [5.74, 6) is 0.0846. The number of hydrogen-bond acceptors (Lipinski definition) is 4. The summed E-state index contributed by atoms with van der Waals surface area (Å²) in [4.78, 5) is 25.0. The maximum atomic E-state index is 12.7. The minimum Gasteiger partial charge on any atom is -0.490 e. The highest BCUT2D eigenvalue weighted by Crippen LogP contribution is 2.25. The van der Waals surface area contributed by atoms with Crippen LogP contribution in [-0.4, -0.2) is 37.2 Å². The van der Waals surface area contributed by atoms with Gasteiger partial charge >= 0.3 is 0 Å². The van der Waals surface area contributed by atoms with Crippen molar-refractivity contribution in [1.29, 1.82) is 0 Å². The maximum Gasteiger partial charge on any atom is 0.259 e. The number of nitrogens with one attached hydrogen (secondary N) is 2. The normalized spacial score (nSPS) is 15.9. The van der Waals surface area contributed by atoms with Gasteiger partial charge < -0.3 is 20.1 Å². The number of halogens is 1. The van der Waals surface area contributed by atoms with E-state index in [1.54, 1.807) is 36.4 Å². The molecule has 2 aromatic carbocycles. The molecule has 1 unspecified atom stereocenters. The van der Waals surface area contributed by atoms with Crippen LogP contribution in [-0.2, 0) is 4.74 Å². The Bertz CT molecular complexity index is 862. The minimum atomic E-state index is -0.280. The second-order valence-corrected chi connectivity index (χ2v) is 8.10. The van der Waals surface area contributed by atoms with Gasteiger partial charge in [-0.05, 0) is 69.2 Å². The fraction of sp³-hybridized carbons (Fsp3) is 0.364. The van der Waals surface area contributed by atoms with Gasteiger partial charge in [0, 0.05) is 28.9 Å². The highest BCUT2D eigenvalue weighted by Gasteiger charge is 2.17. The fourth-order valence-electron chi connectivity index (χ4n) is 3.05. The number of anilines is 1. The molecule has 1 saturated heterocycles. The van der Waals surface area contributed by atoms with Crippen molar-refractivity contribution in [3.8, 4) is 5.75 Å². The van der Waals surface area contributed by atoms with E-state index < -0.39 is 0 Å². The SMILES string of the molecule is CC(C)Oc1ccc(Br)cc1C(=O)Nc1ccc(C(=O)NCC2CCCO2)cc1. The highest BCUT2D eigenvalue weighted by molar-refractivity contribution is 9.10. The van der Waals surface area contributed by atoms with Crippen molar-refractivity contribution in [2.45, 2.75) is 38.9 Å². The molecule has 1 aliphatic heterocycles. The Morgan fingerprint density at radius 1 is 1.17 bits per heavy atom. The molecule has 154 valence electrons. The Labute approximate surface area is 179 Å². The Kier molecular flexibility index (Phi) is 7.28. The van der Waals surface area contributed by atoms with E-state index in [4.69, 9.17) is 9.47 Å². The van der Waals surface area contributed by atoms with Gasteiger partial charge in [-0.3, -0.25) is 9.59 Å². The average Bonchev–Trinajstić information content (AvgIpc) is 3.21. The molecule has 0 aliphatic carbocycles. The van der Waals surface area contributed by atoms with E-state index in [0.717, 1.165) is 23.9 Å². The molecular formula is C22H25BrN2O4. The number of hydrogen-bond donors (Lipinski definition) is 2. The number of benzene rings is 2. The third kappa shape index (κ3) is 6.05. The zero-order valence-electron chi connectivity index (χ0n) is 16.5. The largest absolute Gasteiger partial charge is 0.490 e. The molecule has 2 N–H and O–H groups in total. The van der Waals surface area contributed by atoms with Gasteiger partial charge in [-0.15, -0.1) is 0 Å². The summed E-state index contributed by atoms with van der Waals surface area (Å²) < 4.78 is 12.0. The molecule has 0 spiro atoms. The molecule has 0 saturated carbocycles. The van der Waals surface area contributed by atoms with Crippen molar-refractivity contribution in [3.05, 3.63) is 58.1 Å². The van der Waals surface area contributed by atoms with Crippen LogP contribution in [0.3, 0.4) is 0 Å². The van der Waals surface area contributed by atoms with E-state index in [0.29, 0.717) is 29.1 Å². The molecule has 0 bridgehead atoms. The van der Waals surface area contributed by atoms with Crippen molar-refractivity contribution in [2.75, 3.05) is 18.5 Å². The van der Waals surface area contributed by atoms with Gasteiger partial charge in [-0.25, -0.2) is 0 Å². The Morgan fingerprint density at radius 3 is 2.59 bits per heavy atom. The van der Waals surface area contributed by atoms with Gasteiger partial charge in [-0.1, -0.05) is 15.9 Å². The van der Waals surface area contributed by atoms with Crippen molar-refractivity contribution < 1.29 is 19.1 Å². The first-order valence-corrected chi connectivity index (χ1v) is 10.5. The highest BCUT2D eigenvalue weighted by atomic mass is 79.9. The quantitative estimate of drug-likeness (QED) is 0.641. The lowest BCUT2D eigenvalue weighted by molar-refractivity contribution is 0.0857. The summed E-state index contributed by atoms with van der Waals surface area (Å²) in [7, 11) is 0. The molecule has 1 aliphatic rings. The molecule has 0 aromatic heterocycles. The first-order chi connectivity index (χ1) is 13.9. The summed E-state index contributed by atoms with van der Waals surface area (Å²) >= 11 is 3.39. The summed E-state index contributed by atoms with van der Waals surface area (Å²) in [6, 6.07) is 12.1. The number of ether oxygens (including phenoxy) is 2. The molecule has 3 rings (SSSR count). The molecule has 1 fully saturated rings. The second-order valence-electron chi connectivity index (χ2n) is 7.18. The smallest absolute Gasteiger partial charge is 0.259 e. The van der Waals surface area contributed by atoms with Crippen LogP contribution in [0.4, 0.5) is 5.69 Å². The predicted molar refractivity (Wildman–Crippen MR) is 116 cm³/mol. The van der Waals surface area contributed by atoms with Crippen LogP contribution in [0.5, 0.6) is 5.75 Å². The van der Waals surface area contributed by atoms with Crippen molar-refractivity contribution in [1.82, 2.24) is 5.32 Å². The topological polar surface area (TPSA) is 76.7 Å². The lowest BCUT2D eigenvalue weighted by atomic mass is 10.1. The molecule has 2 amide bonds. The average molecular weight is 461 g/mol. The Morgan fingerprint density at radius 2 is 1.93 bits per heavy atom. The summed E-state index contributed by atoms with van der Waals surface area (Å²) in [6.45, 7) is 5.09. The third-order valence-electron chi connectivity index (χ3n) is 4.47.